The van der Waals surface area contributed by atoms with E-state index in [0.29, 0.717) is 11.9 Å². The van der Waals surface area contributed by atoms with E-state index in [1.165, 1.54) is 25.3 Å². The van der Waals surface area contributed by atoms with Crippen LogP contribution >= 0.6 is 0 Å². The van der Waals surface area contributed by atoms with Crippen molar-refractivity contribution >= 4 is 16.8 Å². The average molecular weight is 383 g/mol. The summed E-state index contributed by atoms with van der Waals surface area (Å²) in [6.45, 7) is 4.35. The number of hydrogen-bond acceptors (Lipinski definition) is 4. The largest absolute Gasteiger partial charge is 0.379 e. The van der Waals surface area contributed by atoms with Crippen molar-refractivity contribution in [3.05, 3.63) is 46.8 Å². The summed E-state index contributed by atoms with van der Waals surface area (Å²) in [5.74, 6) is -0.00740. The summed E-state index contributed by atoms with van der Waals surface area (Å²) in [4.78, 5) is 27.3. The molecule has 1 aliphatic heterocycles. The number of nitrogens with one attached hydrogen (secondary N) is 1. The molecule has 1 aromatic heterocycles. The molecule has 1 aromatic carbocycles. The summed E-state index contributed by atoms with van der Waals surface area (Å²) in [5.41, 5.74) is 0.843. The second-order valence-electron chi connectivity index (χ2n) is 7.99. The quantitative estimate of drug-likeness (QED) is 0.859. The van der Waals surface area contributed by atoms with E-state index < -0.39 is 0 Å². The van der Waals surface area contributed by atoms with Gasteiger partial charge in [-0.15, -0.1) is 0 Å². The third-order valence-electron chi connectivity index (χ3n) is 6.28. The topological polar surface area (TPSA) is 63.6 Å². The standard InChI is InChI=1S/C22H29N3O3/c26-20-8-11-24(19-7-3-2-6-18(19)20)16-21(27)23-17-22(9-4-1-5-10-22)25-12-14-28-15-13-25/h2-3,6-8,11H,1,4-5,9-10,12-17H2,(H,23,27). The fourth-order valence-corrected chi connectivity index (χ4v) is 4.72. The Morgan fingerprint density at radius 1 is 1.07 bits per heavy atom. The number of fused-ring (bicyclic) bond motifs is 1. The molecule has 1 amide bonds. The van der Waals surface area contributed by atoms with Crippen molar-refractivity contribution in [1.82, 2.24) is 14.8 Å². The number of carbonyl (C=O) groups is 1. The van der Waals surface area contributed by atoms with E-state index in [1.54, 1.807) is 6.20 Å². The van der Waals surface area contributed by atoms with Gasteiger partial charge in [-0.2, -0.15) is 0 Å². The van der Waals surface area contributed by atoms with Crippen molar-refractivity contribution in [3.8, 4) is 0 Å². The Morgan fingerprint density at radius 2 is 1.82 bits per heavy atom. The van der Waals surface area contributed by atoms with Gasteiger partial charge in [-0.25, -0.2) is 0 Å². The van der Waals surface area contributed by atoms with Crippen LogP contribution in [0.5, 0.6) is 0 Å². The second-order valence-corrected chi connectivity index (χ2v) is 7.99. The van der Waals surface area contributed by atoms with Crippen LogP contribution in [0.25, 0.3) is 10.9 Å². The molecule has 1 saturated heterocycles. The highest BCUT2D eigenvalue weighted by atomic mass is 16.5. The Kier molecular flexibility index (Phi) is 5.78. The third-order valence-corrected chi connectivity index (χ3v) is 6.28. The number of hydrogen-bond donors (Lipinski definition) is 1. The van der Waals surface area contributed by atoms with E-state index in [-0.39, 0.29) is 23.4 Å². The van der Waals surface area contributed by atoms with Crippen LogP contribution in [-0.2, 0) is 16.1 Å². The van der Waals surface area contributed by atoms with Gasteiger partial charge in [0, 0.05) is 42.8 Å². The molecule has 2 aliphatic rings. The fraction of sp³-hybridized carbons (Fsp3) is 0.545. The minimum absolute atomic E-state index is 0.00740. The van der Waals surface area contributed by atoms with Gasteiger partial charge in [0.1, 0.15) is 6.54 Å². The van der Waals surface area contributed by atoms with Crippen LogP contribution in [0, 0.1) is 0 Å². The maximum atomic E-state index is 12.8. The van der Waals surface area contributed by atoms with Crippen LogP contribution < -0.4 is 10.7 Å². The van der Waals surface area contributed by atoms with Crippen LogP contribution in [0.4, 0.5) is 0 Å². The van der Waals surface area contributed by atoms with Gasteiger partial charge in [-0.1, -0.05) is 31.4 Å². The van der Waals surface area contributed by atoms with Gasteiger partial charge >= 0.3 is 0 Å². The molecule has 150 valence electrons. The van der Waals surface area contributed by atoms with Gasteiger partial charge in [-0.05, 0) is 25.0 Å². The minimum Gasteiger partial charge on any atom is -0.379 e. The van der Waals surface area contributed by atoms with Crippen molar-refractivity contribution in [2.24, 2.45) is 0 Å². The number of amides is 1. The number of rotatable bonds is 5. The Hall–Kier alpha value is -2.18. The maximum Gasteiger partial charge on any atom is 0.240 e. The molecular formula is C22H29N3O3. The molecule has 2 aromatic rings. The molecule has 4 rings (SSSR count). The zero-order valence-electron chi connectivity index (χ0n) is 16.4. The van der Waals surface area contributed by atoms with Crippen LogP contribution in [0.15, 0.2) is 41.3 Å². The molecule has 1 aliphatic carbocycles. The first kappa shape index (κ1) is 19.2. The first-order chi connectivity index (χ1) is 13.7. The normalized spacial score (nSPS) is 20.1. The second kappa shape index (κ2) is 8.45. The zero-order valence-corrected chi connectivity index (χ0v) is 16.4. The number of carbonyl (C=O) groups excluding carboxylic acids is 1. The van der Waals surface area contributed by atoms with Crippen LogP contribution in [0.2, 0.25) is 0 Å². The Morgan fingerprint density at radius 3 is 2.61 bits per heavy atom. The molecule has 0 atom stereocenters. The average Bonchev–Trinajstić information content (AvgIpc) is 2.76. The smallest absolute Gasteiger partial charge is 0.240 e. The molecule has 0 radical (unpaired) electrons. The van der Waals surface area contributed by atoms with Gasteiger partial charge in [0.2, 0.25) is 5.91 Å². The predicted octanol–water partition coefficient (Wildman–Crippen LogP) is 2.15. The first-order valence-corrected chi connectivity index (χ1v) is 10.4. The van der Waals surface area contributed by atoms with Crippen molar-refractivity contribution in [2.45, 2.75) is 44.2 Å². The van der Waals surface area contributed by atoms with E-state index in [2.05, 4.69) is 10.2 Å². The van der Waals surface area contributed by atoms with Crippen LogP contribution in [-0.4, -0.2) is 53.8 Å². The summed E-state index contributed by atoms with van der Waals surface area (Å²) in [6, 6.07) is 8.98. The fourth-order valence-electron chi connectivity index (χ4n) is 4.72. The van der Waals surface area contributed by atoms with Gasteiger partial charge in [0.25, 0.3) is 0 Å². The molecular weight excluding hydrogens is 354 g/mol. The molecule has 6 heteroatoms. The number of morpholine rings is 1. The summed E-state index contributed by atoms with van der Waals surface area (Å²) in [7, 11) is 0. The highest BCUT2D eigenvalue weighted by Crippen LogP contribution is 2.33. The molecule has 6 nitrogen and oxygen atoms in total. The highest BCUT2D eigenvalue weighted by molar-refractivity contribution is 5.82. The molecule has 1 N–H and O–H groups in total. The lowest BCUT2D eigenvalue weighted by molar-refractivity contribution is -0.122. The molecule has 0 unspecified atom stereocenters. The van der Waals surface area contributed by atoms with Crippen molar-refractivity contribution < 1.29 is 9.53 Å². The van der Waals surface area contributed by atoms with Crippen LogP contribution in [0.1, 0.15) is 32.1 Å². The van der Waals surface area contributed by atoms with E-state index >= 15 is 0 Å². The SMILES string of the molecule is O=C(Cn1ccc(=O)c2ccccc21)NCC1(N2CCOCC2)CCCCC1. The first-order valence-electron chi connectivity index (χ1n) is 10.4. The Bertz CT molecular complexity index is 880. The minimum atomic E-state index is -0.0132. The number of nitrogens with zero attached hydrogens (tertiary/aromatic N) is 2. The number of benzene rings is 1. The molecule has 28 heavy (non-hydrogen) atoms. The summed E-state index contributed by atoms with van der Waals surface area (Å²) in [5, 5.41) is 3.85. The molecule has 2 heterocycles. The summed E-state index contributed by atoms with van der Waals surface area (Å²) >= 11 is 0. The number of pyridine rings is 1. The number of ether oxygens (including phenoxy) is 1. The lowest BCUT2D eigenvalue weighted by Crippen LogP contribution is -2.59. The van der Waals surface area contributed by atoms with Crippen molar-refractivity contribution in [1.29, 1.82) is 0 Å². The lowest BCUT2D eigenvalue weighted by Gasteiger charge is -2.48. The lowest BCUT2D eigenvalue weighted by atomic mass is 9.79. The number of aromatic nitrogens is 1. The number of para-hydroxylation sites is 1. The maximum absolute atomic E-state index is 12.8. The predicted molar refractivity (Wildman–Crippen MR) is 109 cm³/mol. The van der Waals surface area contributed by atoms with E-state index in [1.807, 2.05) is 28.8 Å². The van der Waals surface area contributed by atoms with E-state index in [9.17, 15) is 9.59 Å². The zero-order chi connectivity index (χ0) is 19.4. The van der Waals surface area contributed by atoms with Crippen molar-refractivity contribution in [2.75, 3.05) is 32.8 Å². The Balaban J connectivity index is 1.46. The Labute approximate surface area is 165 Å². The van der Waals surface area contributed by atoms with Crippen molar-refractivity contribution in [3.63, 3.8) is 0 Å². The molecule has 1 saturated carbocycles. The van der Waals surface area contributed by atoms with E-state index in [4.69, 9.17) is 4.74 Å². The summed E-state index contributed by atoms with van der Waals surface area (Å²) in [6.07, 6.45) is 7.70. The van der Waals surface area contributed by atoms with Gasteiger partial charge in [0.15, 0.2) is 5.43 Å². The monoisotopic (exact) mass is 383 g/mol. The highest BCUT2D eigenvalue weighted by Gasteiger charge is 2.38. The van der Waals surface area contributed by atoms with Gasteiger partial charge in [0.05, 0.1) is 18.7 Å². The molecule has 0 bridgehead atoms. The van der Waals surface area contributed by atoms with E-state index in [0.717, 1.165) is 44.7 Å². The summed E-state index contributed by atoms with van der Waals surface area (Å²) < 4.78 is 7.39. The molecule has 0 spiro atoms. The van der Waals surface area contributed by atoms with Gasteiger partial charge in [-0.3, -0.25) is 14.5 Å². The third kappa shape index (κ3) is 3.98. The molecule has 2 fully saturated rings. The van der Waals surface area contributed by atoms with Crippen LogP contribution in [0.3, 0.4) is 0 Å². The van der Waals surface area contributed by atoms with Gasteiger partial charge < -0.3 is 14.6 Å².